The smallest absolute Gasteiger partial charge is 0.248 e. The second-order valence-electron chi connectivity index (χ2n) is 9.62. The molecule has 1 heterocycles. The van der Waals surface area contributed by atoms with Crippen molar-refractivity contribution in [2.24, 2.45) is 5.41 Å². The van der Waals surface area contributed by atoms with Gasteiger partial charge < -0.3 is 9.88 Å². The van der Waals surface area contributed by atoms with Gasteiger partial charge in [0.05, 0.1) is 12.4 Å². The van der Waals surface area contributed by atoms with E-state index in [2.05, 4.69) is 47.8 Å². The van der Waals surface area contributed by atoms with E-state index in [1.165, 1.54) is 23.3 Å². The Hall–Kier alpha value is -3.54. The minimum Gasteiger partial charge on any atom is -0.330 e. The van der Waals surface area contributed by atoms with Crippen molar-refractivity contribution in [2.75, 3.05) is 5.32 Å². The van der Waals surface area contributed by atoms with Crippen LogP contribution in [0.25, 0.3) is 0 Å². The highest BCUT2D eigenvalue weighted by molar-refractivity contribution is 6.00. The Bertz CT molecular complexity index is 1190. The van der Waals surface area contributed by atoms with Gasteiger partial charge in [0.15, 0.2) is 0 Å². The van der Waals surface area contributed by atoms with Crippen molar-refractivity contribution < 1.29 is 13.6 Å². The number of benzene rings is 1. The Balaban J connectivity index is 1.68. The molecular weight excluding hydrogens is 444 g/mol. The van der Waals surface area contributed by atoms with E-state index in [-0.39, 0.29) is 5.41 Å². The topological polar surface area (TPSA) is 46.9 Å². The predicted octanol–water partition coefficient (Wildman–Crippen LogP) is 7.48. The first-order valence-corrected chi connectivity index (χ1v) is 11.7. The number of carbonyl (C=O) groups excluding carboxylic acids is 1. The lowest BCUT2D eigenvalue weighted by molar-refractivity contribution is -0.112. The van der Waals surface area contributed by atoms with E-state index in [1.807, 2.05) is 37.8 Å². The Kier molecular flexibility index (Phi) is 8.39. The molecule has 0 radical (unpaired) electrons. The zero-order valence-corrected chi connectivity index (χ0v) is 21.0. The first-order valence-electron chi connectivity index (χ1n) is 11.7. The first-order chi connectivity index (χ1) is 16.6. The SMILES string of the molecule is CC1=C(/C=C/C(C)=C/C=C/C(C)=C/C(=O)Nc2c(F)cccc2F)C(C)(C)CCC1n1ccnc1. The molecule has 1 amide bonds. The van der Waals surface area contributed by atoms with Crippen LogP contribution in [-0.2, 0) is 4.79 Å². The molecule has 6 heteroatoms. The van der Waals surface area contributed by atoms with E-state index >= 15 is 0 Å². The molecule has 0 spiro atoms. The summed E-state index contributed by atoms with van der Waals surface area (Å²) in [6.07, 6.45) is 19.1. The number of nitrogens with zero attached hydrogens (tertiary/aromatic N) is 2. The molecule has 1 atom stereocenters. The van der Waals surface area contributed by atoms with E-state index in [4.69, 9.17) is 0 Å². The quantitative estimate of drug-likeness (QED) is 0.332. The number of para-hydroxylation sites is 1. The van der Waals surface area contributed by atoms with Crippen molar-refractivity contribution in [1.82, 2.24) is 9.55 Å². The lowest BCUT2D eigenvalue weighted by Gasteiger charge is -2.37. The van der Waals surface area contributed by atoms with Gasteiger partial charge in [-0.05, 0) is 67.9 Å². The largest absolute Gasteiger partial charge is 0.330 e. The van der Waals surface area contributed by atoms with Crippen molar-refractivity contribution in [1.29, 1.82) is 0 Å². The number of hydrogen-bond acceptors (Lipinski definition) is 2. The molecule has 4 nitrogen and oxygen atoms in total. The zero-order valence-electron chi connectivity index (χ0n) is 21.0. The molecular formula is C29H33F2N3O. The second-order valence-corrected chi connectivity index (χ2v) is 9.62. The highest BCUT2D eigenvalue weighted by Crippen LogP contribution is 2.45. The number of hydrogen-bond donors (Lipinski definition) is 1. The van der Waals surface area contributed by atoms with Gasteiger partial charge in [-0.1, -0.05) is 55.9 Å². The maximum atomic E-state index is 13.7. The third-order valence-corrected chi connectivity index (χ3v) is 6.38. The van der Waals surface area contributed by atoms with Gasteiger partial charge in [0.2, 0.25) is 5.91 Å². The van der Waals surface area contributed by atoms with Gasteiger partial charge >= 0.3 is 0 Å². The van der Waals surface area contributed by atoms with Crippen LogP contribution in [0.15, 0.2) is 95.7 Å². The summed E-state index contributed by atoms with van der Waals surface area (Å²) < 4.78 is 29.6. The number of anilines is 1. The number of nitrogens with one attached hydrogen (secondary N) is 1. The van der Waals surface area contributed by atoms with Crippen molar-refractivity contribution >= 4 is 11.6 Å². The van der Waals surface area contributed by atoms with Crippen LogP contribution in [0, 0.1) is 17.0 Å². The molecule has 0 saturated carbocycles. The Morgan fingerprint density at radius 1 is 1.17 bits per heavy atom. The molecule has 1 aromatic carbocycles. The van der Waals surface area contributed by atoms with Crippen molar-refractivity contribution in [3.63, 3.8) is 0 Å². The van der Waals surface area contributed by atoms with Gasteiger partial charge in [0, 0.05) is 18.5 Å². The third kappa shape index (κ3) is 6.75. The average molecular weight is 478 g/mol. The van der Waals surface area contributed by atoms with Gasteiger partial charge in [-0.3, -0.25) is 4.79 Å². The van der Waals surface area contributed by atoms with Gasteiger partial charge in [0.1, 0.15) is 17.3 Å². The lowest BCUT2D eigenvalue weighted by Crippen LogP contribution is -2.25. The Morgan fingerprint density at radius 2 is 1.89 bits per heavy atom. The summed E-state index contributed by atoms with van der Waals surface area (Å²) in [5.41, 5.74) is 4.06. The maximum Gasteiger partial charge on any atom is 0.248 e. The molecule has 1 unspecified atom stereocenters. The summed E-state index contributed by atoms with van der Waals surface area (Å²) in [6, 6.07) is 3.77. The number of amides is 1. The molecule has 35 heavy (non-hydrogen) atoms. The van der Waals surface area contributed by atoms with Crippen LogP contribution >= 0.6 is 0 Å². The van der Waals surface area contributed by atoms with Crippen molar-refractivity contribution in [3.05, 3.63) is 107 Å². The number of imidazole rings is 1. The van der Waals surface area contributed by atoms with Crippen LogP contribution in [0.2, 0.25) is 0 Å². The maximum absolute atomic E-state index is 13.7. The fourth-order valence-corrected chi connectivity index (χ4v) is 4.40. The number of carbonyl (C=O) groups is 1. The average Bonchev–Trinajstić information content (AvgIpc) is 3.30. The Morgan fingerprint density at radius 3 is 2.54 bits per heavy atom. The van der Waals surface area contributed by atoms with E-state index in [0.717, 1.165) is 30.5 Å². The minimum absolute atomic E-state index is 0.0954. The number of rotatable bonds is 7. The molecule has 1 aromatic heterocycles. The van der Waals surface area contributed by atoms with Gasteiger partial charge in [-0.15, -0.1) is 0 Å². The van der Waals surface area contributed by atoms with E-state index in [1.54, 1.807) is 13.0 Å². The number of halogens is 2. The molecule has 0 fully saturated rings. The molecule has 2 aromatic rings. The normalized spacial score (nSPS) is 19.1. The molecule has 0 bridgehead atoms. The fraction of sp³-hybridized carbons (Fsp3) is 0.310. The van der Waals surface area contributed by atoms with Crippen LogP contribution in [0.3, 0.4) is 0 Å². The van der Waals surface area contributed by atoms with Crippen LogP contribution in [-0.4, -0.2) is 15.5 Å². The molecule has 1 aliphatic carbocycles. The minimum atomic E-state index is -0.812. The summed E-state index contributed by atoms with van der Waals surface area (Å²) in [7, 11) is 0. The van der Waals surface area contributed by atoms with Crippen molar-refractivity contribution in [3.8, 4) is 0 Å². The standard InChI is InChI=1S/C29H33F2N3O/c1-20(8-6-9-21(2)18-27(35)33-28-24(30)10-7-11-25(28)31)12-13-23-22(3)26(14-15-29(23,4)5)34-17-16-32-19-34/h6-13,16-19,26H,14-15H2,1-5H3,(H,33,35)/b9-6+,13-12+,20-8+,21-18+. The number of allylic oxidation sites excluding steroid dienone is 9. The monoisotopic (exact) mass is 477 g/mol. The summed E-state index contributed by atoms with van der Waals surface area (Å²) in [6.45, 7) is 10.5. The third-order valence-electron chi connectivity index (χ3n) is 6.38. The van der Waals surface area contributed by atoms with Crippen molar-refractivity contribution in [2.45, 2.75) is 53.5 Å². The highest BCUT2D eigenvalue weighted by Gasteiger charge is 2.32. The summed E-state index contributed by atoms with van der Waals surface area (Å²) in [5.74, 6) is -2.22. The molecule has 0 saturated heterocycles. The number of aromatic nitrogens is 2. The van der Waals surface area contributed by atoms with Crippen LogP contribution < -0.4 is 5.32 Å². The van der Waals surface area contributed by atoms with Gasteiger partial charge in [0.25, 0.3) is 0 Å². The van der Waals surface area contributed by atoms with Crippen LogP contribution in [0.4, 0.5) is 14.5 Å². The molecule has 0 aliphatic heterocycles. The first kappa shape index (κ1) is 26.1. The molecule has 3 rings (SSSR count). The molecule has 1 N–H and O–H groups in total. The van der Waals surface area contributed by atoms with E-state index in [9.17, 15) is 13.6 Å². The van der Waals surface area contributed by atoms with Crippen LogP contribution in [0.5, 0.6) is 0 Å². The second kappa shape index (κ2) is 11.3. The molecule has 184 valence electrons. The van der Waals surface area contributed by atoms with E-state index in [0.29, 0.717) is 11.6 Å². The summed E-state index contributed by atoms with van der Waals surface area (Å²) in [4.78, 5) is 16.3. The van der Waals surface area contributed by atoms with E-state index < -0.39 is 23.2 Å². The highest BCUT2D eigenvalue weighted by atomic mass is 19.1. The lowest BCUT2D eigenvalue weighted by atomic mass is 9.71. The zero-order chi connectivity index (χ0) is 25.6. The predicted molar refractivity (Wildman–Crippen MR) is 138 cm³/mol. The summed E-state index contributed by atoms with van der Waals surface area (Å²) >= 11 is 0. The molecule has 1 aliphatic rings. The van der Waals surface area contributed by atoms with Gasteiger partial charge in [-0.25, -0.2) is 13.8 Å². The van der Waals surface area contributed by atoms with Gasteiger partial charge in [-0.2, -0.15) is 0 Å². The fourth-order valence-electron chi connectivity index (χ4n) is 4.40. The van der Waals surface area contributed by atoms with Crippen LogP contribution in [0.1, 0.15) is 53.5 Å². The Labute approximate surface area is 206 Å². The summed E-state index contributed by atoms with van der Waals surface area (Å²) in [5, 5.41) is 2.25.